The van der Waals surface area contributed by atoms with Crippen molar-refractivity contribution in [2.45, 2.75) is 5.54 Å². The number of benzene rings is 3. The lowest BCUT2D eigenvalue weighted by Gasteiger charge is -2.32. The summed E-state index contributed by atoms with van der Waals surface area (Å²) >= 11 is 0. The predicted molar refractivity (Wildman–Crippen MR) is 121 cm³/mol. The normalized spacial score (nSPS) is 11.6. The van der Waals surface area contributed by atoms with Crippen molar-refractivity contribution >= 4 is 6.21 Å². The minimum atomic E-state index is -0.975. The third-order valence-electron chi connectivity index (χ3n) is 5.29. The third kappa shape index (κ3) is 3.59. The van der Waals surface area contributed by atoms with E-state index in [2.05, 4.69) is 4.98 Å². The van der Waals surface area contributed by atoms with Gasteiger partial charge in [-0.15, -0.1) is 0 Å². The van der Waals surface area contributed by atoms with Gasteiger partial charge < -0.3 is 5.11 Å². The van der Waals surface area contributed by atoms with Gasteiger partial charge in [-0.25, -0.2) is 4.79 Å². The maximum atomic E-state index is 12.4. The lowest BCUT2D eigenvalue weighted by molar-refractivity contribution is 0.417. The zero-order valence-electron chi connectivity index (χ0n) is 16.9. The summed E-state index contributed by atoms with van der Waals surface area (Å²) in [5.74, 6) is -0.444. The maximum Gasteiger partial charge on any atom is 0.330 e. The fourth-order valence-corrected chi connectivity index (χ4v) is 3.67. The number of hydrogen-bond acceptors (Lipinski definition) is 4. The highest BCUT2D eigenvalue weighted by atomic mass is 16.3. The number of nitrogens with one attached hydrogen (secondary N) is 1. The Morgan fingerprint density at radius 2 is 1.23 bits per heavy atom. The second-order valence-electron chi connectivity index (χ2n) is 7.12. The summed E-state index contributed by atoms with van der Waals surface area (Å²) in [4.78, 5) is 31.3. The van der Waals surface area contributed by atoms with Crippen LogP contribution in [-0.2, 0) is 12.6 Å². The Hall–Kier alpha value is -4.19. The van der Waals surface area contributed by atoms with Crippen molar-refractivity contribution in [3.8, 4) is 5.88 Å². The number of aliphatic imine (C=N–C) groups is 1. The summed E-state index contributed by atoms with van der Waals surface area (Å²) in [5.41, 5.74) is 0.220. The Bertz CT molecular complexity index is 1230. The average Bonchev–Trinajstić information content (AvgIpc) is 2.82. The minimum absolute atomic E-state index is 0.0886. The number of nitrogens with zero attached hydrogens (tertiary/aromatic N) is 2. The van der Waals surface area contributed by atoms with Crippen molar-refractivity contribution in [2.75, 3.05) is 0 Å². The molecule has 0 saturated carbocycles. The van der Waals surface area contributed by atoms with Gasteiger partial charge in [0.1, 0.15) is 11.1 Å². The zero-order valence-corrected chi connectivity index (χ0v) is 16.9. The first-order chi connectivity index (χ1) is 15.0. The maximum absolute atomic E-state index is 12.4. The highest BCUT2D eigenvalue weighted by molar-refractivity contribution is 5.83. The number of aromatic nitrogens is 2. The van der Waals surface area contributed by atoms with Crippen molar-refractivity contribution in [1.29, 1.82) is 0 Å². The highest BCUT2D eigenvalue weighted by Crippen LogP contribution is 2.40. The van der Waals surface area contributed by atoms with Gasteiger partial charge in [0.25, 0.3) is 5.56 Å². The van der Waals surface area contributed by atoms with Crippen LogP contribution in [0.1, 0.15) is 22.3 Å². The summed E-state index contributed by atoms with van der Waals surface area (Å²) < 4.78 is 0.970. The van der Waals surface area contributed by atoms with Gasteiger partial charge in [0.05, 0.1) is 0 Å². The molecule has 0 unspecified atom stereocenters. The van der Waals surface area contributed by atoms with E-state index in [1.54, 1.807) is 0 Å². The summed E-state index contributed by atoms with van der Waals surface area (Å²) in [6, 6.07) is 29.2. The molecule has 0 radical (unpaired) electrons. The topological polar surface area (TPSA) is 87.4 Å². The quantitative estimate of drug-likeness (QED) is 0.391. The number of aromatic hydroxyl groups is 1. The van der Waals surface area contributed by atoms with Crippen LogP contribution < -0.4 is 11.2 Å². The number of aromatic amines is 1. The van der Waals surface area contributed by atoms with Gasteiger partial charge in [-0.2, -0.15) is 0 Å². The zero-order chi connectivity index (χ0) is 21.8. The molecule has 4 rings (SSSR count). The molecule has 0 aliphatic carbocycles. The number of hydrogen-bond donors (Lipinski definition) is 2. The van der Waals surface area contributed by atoms with E-state index in [4.69, 9.17) is 4.99 Å². The van der Waals surface area contributed by atoms with Gasteiger partial charge >= 0.3 is 5.69 Å². The molecule has 1 aromatic heterocycles. The van der Waals surface area contributed by atoms with E-state index in [0.717, 1.165) is 21.3 Å². The van der Waals surface area contributed by atoms with Crippen LogP contribution in [-0.4, -0.2) is 20.9 Å². The van der Waals surface area contributed by atoms with Crippen molar-refractivity contribution in [1.82, 2.24) is 9.55 Å². The van der Waals surface area contributed by atoms with Crippen LogP contribution in [0.25, 0.3) is 0 Å². The molecule has 0 atom stereocenters. The molecule has 31 heavy (non-hydrogen) atoms. The van der Waals surface area contributed by atoms with Crippen LogP contribution in [0.2, 0.25) is 0 Å². The van der Waals surface area contributed by atoms with Crippen molar-refractivity contribution in [2.24, 2.45) is 12.0 Å². The summed E-state index contributed by atoms with van der Waals surface area (Å²) in [5, 5.41) is 10.4. The standard InChI is InChI=1S/C25H21N3O3/c1-28-23(30)21(22(29)27-24(28)31)17-26-25(18-11-5-2-6-12-18,19-13-7-3-8-14-19)20-15-9-4-10-16-20/h2-17,30H,1H3,(H,27,29,31). The second kappa shape index (κ2) is 8.28. The van der Waals surface area contributed by atoms with E-state index >= 15 is 0 Å². The third-order valence-corrected chi connectivity index (χ3v) is 5.29. The molecule has 0 aliphatic heterocycles. The molecule has 0 aliphatic rings. The van der Waals surface area contributed by atoms with Crippen molar-refractivity contribution in [3.05, 3.63) is 134 Å². The lowest BCUT2D eigenvalue weighted by atomic mass is 9.77. The van der Waals surface area contributed by atoms with Crippen LogP contribution in [0.15, 0.2) is 106 Å². The van der Waals surface area contributed by atoms with Gasteiger partial charge in [-0.3, -0.25) is 19.3 Å². The number of H-pyrrole nitrogens is 1. The first-order valence-corrected chi connectivity index (χ1v) is 9.78. The molecule has 0 spiro atoms. The lowest BCUT2D eigenvalue weighted by Crippen LogP contribution is -2.32. The van der Waals surface area contributed by atoms with Gasteiger partial charge in [-0.05, 0) is 16.7 Å². The van der Waals surface area contributed by atoms with Crippen LogP contribution >= 0.6 is 0 Å². The molecule has 6 heteroatoms. The average molecular weight is 411 g/mol. The van der Waals surface area contributed by atoms with Crippen LogP contribution in [0.4, 0.5) is 0 Å². The highest BCUT2D eigenvalue weighted by Gasteiger charge is 2.35. The Balaban J connectivity index is 2.05. The van der Waals surface area contributed by atoms with E-state index in [0.29, 0.717) is 0 Å². The first-order valence-electron chi connectivity index (χ1n) is 9.78. The molecule has 0 fully saturated rings. The van der Waals surface area contributed by atoms with Crippen molar-refractivity contribution < 1.29 is 5.11 Å². The Morgan fingerprint density at radius 3 is 1.65 bits per heavy atom. The predicted octanol–water partition coefficient (Wildman–Crippen LogP) is 3.19. The molecule has 154 valence electrons. The van der Waals surface area contributed by atoms with E-state index < -0.39 is 22.7 Å². The van der Waals surface area contributed by atoms with Crippen molar-refractivity contribution in [3.63, 3.8) is 0 Å². The fourth-order valence-electron chi connectivity index (χ4n) is 3.67. The fraction of sp³-hybridized carbons (Fsp3) is 0.0800. The van der Waals surface area contributed by atoms with E-state index in [-0.39, 0.29) is 5.56 Å². The smallest absolute Gasteiger partial charge is 0.330 e. The molecule has 0 amide bonds. The molecule has 3 aromatic carbocycles. The Labute approximate surface area is 178 Å². The van der Waals surface area contributed by atoms with E-state index in [1.807, 2.05) is 91.0 Å². The Kier molecular flexibility index (Phi) is 5.37. The molecular formula is C25H21N3O3. The molecule has 0 bridgehead atoms. The summed E-state index contributed by atoms with van der Waals surface area (Å²) in [6.07, 6.45) is 1.33. The van der Waals surface area contributed by atoms with Gasteiger partial charge in [0.15, 0.2) is 0 Å². The number of rotatable bonds is 5. The molecule has 4 aromatic rings. The molecular weight excluding hydrogens is 390 g/mol. The van der Waals surface area contributed by atoms with E-state index in [9.17, 15) is 14.7 Å². The first kappa shape index (κ1) is 20.1. The van der Waals surface area contributed by atoms with Gasteiger partial charge in [0.2, 0.25) is 5.88 Å². The Morgan fingerprint density at radius 1 is 0.806 bits per heavy atom. The second-order valence-corrected chi connectivity index (χ2v) is 7.12. The van der Waals surface area contributed by atoms with Crippen LogP contribution in [0.3, 0.4) is 0 Å². The van der Waals surface area contributed by atoms with Crippen LogP contribution in [0.5, 0.6) is 5.88 Å². The molecule has 6 nitrogen and oxygen atoms in total. The van der Waals surface area contributed by atoms with Crippen LogP contribution in [0, 0.1) is 0 Å². The SMILES string of the molecule is Cn1c(O)c(C=NC(c2ccccc2)(c2ccccc2)c2ccccc2)c(=O)[nH]c1=O. The molecule has 2 N–H and O–H groups in total. The van der Waals surface area contributed by atoms with Gasteiger partial charge in [-0.1, -0.05) is 91.0 Å². The largest absolute Gasteiger partial charge is 0.494 e. The minimum Gasteiger partial charge on any atom is -0.494 e. The van der Waals surface area contributed by atoms with E-state index in [1.165, 1.54) is 13.3 Å². The monoisotopic (exact) mass is 411 g/mol. The molecule has 0 saturated heterocycles. The summed E-state index contributed by atoms with van der Waals surface area (Å²) in [6.45, 7) is 0. The van der Waals surface area contributed by atoms with Gasteiger partial charge in [0, 0.05) is 13.3 Å². The molecule has 1 heterocycles. The summed E-state index contributed by atoms with van der Waals surface area (Å²) in [7, 11) is 1.38.